The van der Waals surface area contributed by atoms with E-state index in [0.29, 0.717) is 13.0 Å². The van der Waals surface area contributed by atoms with Crippen LogP contribution in [0.2, 0.25) is 0 Å². The van der Waals surface area contributed by atoms with Crippen molar-refractivity contribution in [1.82, 2.24) is 10.2 Å². The van der Waals surface area contributed by atoms with Crippen LogP contribution in [0.25, 0.3) is 0 Å². The highest BCUT2D eigenvalue weighted by Crippen LogP contribution is 2.21. The van der Waals surface area contributed by atoms with E-state index >= 15 is 0 Å². The highest BCUT2D eigenvalue weighted by Gasteiger charge is 2.31. The SMILES string of the molecule is CC[C@@H](C(=O)NC1CCCC1)N(Cc1ccccc1C)C(=O)COc1ccccc1F. The summed E-state index contributed by atoms with van der Waals surface area (Å²) in [6, 6.07) is 13.3. The monoisotopic (exact) mass is 426 g/mol. The molecule has 0 unspecified atom stereocenters. The van der Waals surface area contributed by atoms with Gasteiger partial charge in [-0.2, -0.15) is 0 Å². The van der Waals surface area contributed by atoms with Crippen LogP contribution in [0.4, 0.5) is 4.39 Å². The lowest BCUT2D eigenvalue weighted by molar-refractivity contribution is -0.143. The van der Waals surface area contributed by atoms with Gasteiger partial charge in [0.05, 0.1) is 0 Å². The number of nitrogens with one attached hydrogen (secondary N) is 1. The average molecular weight is 427 g/mol. The Morgan fingerprint density at radius 2 is 1.81 bits per heavy atom. The molecule has 1 aliphatic carbocycles. The zero-order valence-corrected chi connectivity index (χ0v) is 18.3. The lowest BCUT2D eigenvalue weighted by Gasteiger charge is -2.32. The standard InChI is InChI=1S/C25H31FN2O3/c1-3-22(25(30)27-20-12-6-7-13-20)28(16-19-11-5-4-10-18(19)2)24(29)17-31-23-15-9-8-14-21(23)26/h4-5,8-11,14-15,20,22H,3,6-7,12-13,16-17H2,1-2H3,(H,27,30)/t22-/m0/s1. The molecule has 166 valence electrons. The predicted octanol–water partition coefficient (Wildman–Crippen LogP) is 4.38. The van der Waals surface area contributed by atoms with Crippen LogP contribution in [-0.2, 0) is 16.1 Å². The molecule has 31 heavy (non-hydrogen) atoms. The van der Waals surface area contributed by atoms with E-state index < -0.39 is 11.9 Å². The molecule has 1 aliphatic rings. The summed E-state index contributed by atoms with van der Waals surface area (Å²) in [5, 5.41) is 3.11. The van der Waals surface area contributed by atoms with Crippen LogP contribution < -0.4 is 10.1 Å². The number of aryl methyl sites for hydroxylation is 1. The summed E-state index contributed by atoms with van der Waals surface area (Å²) < 4.78 is 19.4. The zero-order valence-electron chi connectivity index (χ0n) is 18.3. The minimum absolute atomic E-state index is 0.0233. The van der Waals surface area contributed by atoms with Crippen molar-refractivity contribution in [1.29, 1.82) is 0 Å². The molecule has 1 atom stereocenters. The topological polar surface area (TPSA) is 58.6 Å². The Morgan fingerprint density at radius 3 is 2.48 bits per heavy atom. The second-order valence-corrected chi connectivity index (χ2v) is 8.08. The number of amides is 2. The summed E-state index contributed by atoms with van der Waals surface area (Å²) in [7, 11) is 0. The number of para-hydroxylation sites is 1. The molecule has 1 N–H and O–H groups in total. The third-order valence-electron chi connectivity index (χ3n) is 5.88. The molecule has 1 saturated carbocycles. The van der Waals surface area contributed by atoms with E-state index in [-0.39, 0.29) is 30.2 Å². The van der Waals surface area contributed by atoms with Gasteiger partial charge in [0, 0.05) is 12.6 Å². The maximum absolute atomic E-state index is 13.9. The number of carbonyl (C=O) groups excluding carboxylic acids is 2. The van der Waals surface area contributed by atoms with Gasteiger partial charge in [0.25, 0.3) is 5.91 Å². The zero-order chi connectivity index (χ0) is 22.2. The Balaban J connectivity index is 1.78. The van der Waals surface area contributed by atoms with Crippen molar-refractivity contribution in [3.05, 3.63) is 65.5 Å². The second-order valence-electron chi connectivity index (χ2n) is 8.08. The fourth-order valence-electron chi connectivity index (χ4n) is 4.04. The maximum Gasteiger partial charge on any atom is 0.261 e. The van der Waals surface area contributed by atoms with E-state index in [1.807, 2.05) is 38.1 Å². The molecule has 3 rings (SSSR count). The van der Waals surface area contributed by atoms with Gasteiger partial charge in [-0.05, 0) is 49.4 Å². The largest absolute Gasteiger partial charge is 0.481 e. The second kappa shape index (κ2) is 10.9. The highest BCUT2D eigenvalue weighted by molar-refractivity contribution is 5.88. The number of rotatable bonds is 9. The first kappa shape index (κ1) is 22.8. The molecule has 0 heterocycles. The summed E-state index contributed by atoms with van der Waals surface area (Å²) in [6.07, 6.45) is 4.67. The van der Waals surface area contributed by atoms with Gasteiger partial charge in [-0.25, -0.2) is 4.39 Å². The van der Waals surface area contributed by atoms with Gasteiger partial charge in [-0.15, -0.1) is 0 Å². The highest BCUT2D eigenvalue weighted by atomic mass is 19.1. The van der Waals surface area contributed by atoms with E-state index in [2.05, 4.69) is 5.32 Å². The number of hydrogen-bond donors (Lipinski definition) is 1. The number of benzene rings is 2. The van der Waals surface area contributed by atoms with Crippen LogP contribution in [0.15, 0.2) is 48.5 Å². The van der Waals surface area contributed by atoms with Crippen molar-refractivity contribution in [3.63, 3.8) is 0 Å². The van der Waals surface area contributed by atoms with Gasteiger partial charge in [-0.1, -0.05) is 56.2 Å². The van der Waals surface area contributed by atoms with Crippen LogP contribution in [0.1, 0.15) is 50.2 Å². The van der Waals surface area contributed by atoms with Gasteiger partial charge >= 0.3 is 0 Å². The Labute approximate surface area is 183 Å². The van der Waals surface area contributed by atoms with Crippen molar-refractivity contribution in [2.75, 3.05) is 6.61 Å². The molecule has 0 spiro atoms. The fraction of sp³-hybridized carbons (Fsp3) is 0.440. The van der Waals surface area contributed by atoms with E-state index in [9.17, 15) is 14.0 Å². The maximum atomic E-state index is 13.9. The molecule has 0 aromatic heterocycles. The van der Waals surface area contributed by atoms with Crippen molar-refractivity contribution < 1.29 is 18.7 Å². The van der Waals surface area contributed by atoms with Crippen molar-refractivity contribution in [2.24, 2.45) is 0 Å². The lowest BCUT2D eigenvalue weighted by atomic mass is 10.1. The van der Waals surface area contributed by atoms with Gasteiger partial charge in [0.15, 0.2) is 18.2 Å². The third kappa shape index (κ3) is 6.06. The predicted molar refractivity (Wildman–Crippen MR) is 118 cm³/mol. The molecular weight excluding hydrogens is 395 g/mol. The van der Waals surface area contributed by atoms with E-state index in [1.54, 1.807) is 17.0 Å². The lowest BCUT2D eigenvalue weighted by Crippen LogP contribution is -2.52. The van der Waals surface area contributed by atoms with E-state index in [0.717, 1.165) is 36.8 Å². The molecule has 0 saturated heterocycles. The van der Waals surface area contributed by atoms with Crippen molar-refractivity contribution in [3.8, 4) is 5.75 Å². The van der Waals surface area contributed by atoms with Crippen LogP contribution in [0.5, 0.6) is 5.75 Å². The molecule has 5 nitrogen and oxygen atoms in total. The summed E-state index contributed by atoms with van der Waals surface area (Å²) in [4.78, 5) is 27.8. The van der Waals surface area contributed by atoms with E-state index in [1.165, 1.54) is 12.1 Å². The van der Waals surface area contributed by atoms with Crippen molar-refractivity contribution in [2.45, 2.75) is 64.6 Å². The number of carbonyl (C=O) groups is 2. The number of ether oxygens (including phenoxy) is 1. The summed E-state index contributed by atoms with van der Waals surface area (Å²) in [5.74, 6) is -0.982. The van der Waals surface area contributed by atoms with Crippen LogP contribution in [0.3, 0.4) is 0 Å². The first-order valence-corrected chi connectivity index (χ1v) is 11.0. The number of nitrogens with zero attached hydrogens (tertiary/aromatic N) is 1. The molecule has 6 heteroatoms. The fourth-order valence-corrected chi connectivity index (χ4v) is 4.04. The van der Waals surface area contributed by atoms with E-state index in [4.69, 9.17) is 4.74 Å². The first-order chi connectivity index (χ1) is 15.0. The smallest absolute Gasteiger partial charge is 0.261 e. The molecule has 0 aliphatic heterocycles. The Kier molecular flexibility index (Phi) is 8.04. The minimum Gasteiger partial charge on any atom is -0.481 e. The number of halogens is 1. The summed E-state index contributed by atoms with van der Waals surface area (Å²) in [6.45, 7) is 3.84. The number of hydrogen-bond acceptors (Lipinski definition) is 3. The van der Waals surface area contributed by atoms with Crippen molar-refractivity contribution >= 4 is 11.8 Å². The molecule has 2 aromatic carbocycles. The molecule has 0 bridgehead atoms. The van der Waals surface area contributed by atoms with Crippen LogP contribution in [0, 0.1) is 12.7 Å². The van der Waals surface area contributed by atoms with Gasteiger partial charge < -0.3 is 15.0 Å². The molecular formula is C25H31FN2O3. The normalized spacial score (nSPS) is 14.8. The Hall–Kier alpha value is -2.89. The Morgan fingerprint density at radius 1 is 1.13 bits per heavy atom. The molecule has 2 amide bonds. The summed E-state index contributed by atoms with van der Waals surface area (Å²) in [5.41, 5.74) is 2.01. The van der Waals surface area contributed by atoms with Crippen LogP contribution >= 0.6 is 0 Å². The minimum atomic E-state index is -0.614. The van der Waals surface area contributed by atoms with Gasteiger partial charge in [-0.3, -0.25) is 9.59 Å². The summed E-state index contributed by atoms with van der Waals surface area (Å²) >= 11 is 0. The molecule has 2 aromatic rings. The third-order valence-corrected chi connectivity index (χ3v) is 5.88. The Bertz CT molecular complexity index is 896. The quantitative estimate of drug-likeness (QED) is 0.647. The molecule has 1 fully saturated rings. The first-order valence-electron chi connectivity index (χ1n) is 11.0. The molecule has 0 radical (unpaired) electrons. The average Bonchev–Trinajstić information content (AvgIpc) is 3.27. The van der Waals surface area contributed by atoms with Gasteiger partial charge in [0.1, 0.15) is 6.04 Å². The van der Waals surface area contributed by atoms with Gasteiger partial charge in [0.2, 0.25) is 5.91 Å². The van der Waals surface area contributed by atoms with Crippen LogP contribution in [-0.4, -0.2) is 35.4 Å².